The average Bonchev–Trinajstić information content (AvgIpc) is 3.16. The topological polar surface area (TPSA) is 82.5 Å². The minimum atomic E-state index is -0.883. The van der Waals surface area contributed by atoms with E-state index in [1.807, 2.05) is 13.8 Å². The zero-order valence-corrected chi connectivity index (χ0v) is 13.1. The molecule has 0 saturated carbocycles. The monoisotopic (exact) mass is 300 g/mol. The van der Waals surface area contributed by atoms with Gasteiger partial charge in [0, 0.05) is 11.8 Å². The Morgan fingerprint density at radius 2 is 1.90 bits per heavy atom. The molecule has 2 rings (SSSR count). The van der Waals surface area contributed by atoms with Crippen LogP contribution < -0.4 is 0 Å². The second kappa shape index (κ2) is 6.75. The molecule has 0 aromatic carbocycles. The quantitative estimate of drug-likeness (QED) is 0.501. The molecule has 8 unspecified atom stereocenters. The van der Waals surface area contributed by atoms with Crippen molar-refractivity contribution in [2.75, 3.05) is 6.61 Å². The number of hydrogen-bond donors (Lipinski definition) is 3. The van der Waals surface area contributed by atoms with Crippen molar-refractivity contribution in [3.8, 4) is 0 Å². The highest BCUT2D eigenvalue weighted by molar-refractivity contribution is 4.99. The van der Waals surface area contributed by atoms with Gasteiger partial charge in [0.15, 0.2) is 0 Å². The number of aliphatic hydroxyl groups is 3. The lowest BCUT2D eigenvalue weighted by Gasteiger charge is -2.37. The van der Waals surface area contributed by atoms with Gasteiger partial charge in [0.2, 0.25) is 0 Å². The van der Waals surface area contributed by atoms with Crippen molar-refractivity contribution in [3.63, 3.8) is 0 Å². The molecule has 0 amide bonds. The van der Waals surface area contributed by atoms with E-state index in [4.69, 9.17) is 9.47 Å². The van der Waals surface area contributed by atoms with E-state index in [0.29, 0.717) is 19.4 Å². The minimum absolute atomic E-state index is 0.0440. The van der Waals surface area contributed by atoms with Crippen LogP contribution in [0.25, 0.3) is 0 Å². The normalized spacial score (nSPS) is 42.4. The Balaban J connectivity index is 1.83. The molecular weight excluding hydrogens is 272 g/mol. The number of ether oxygens (including phenoxy) is 2. The van der Waals surface area contributed by atoms with Crippen LogP contribution in [0, 0.1) is 11.8 Å². The van der Waals surface area contributed by atoms with Crippen LogP contribution in [0.15, 0.2) is 12.2 Å². The number of epoxide rings is 1. The van der Waals surface area contributed by atoms with Crippen LogP contribution in [-0.4, -0.2) is 58.6 Å². The van der Waals surface area contributed by atoms with Gasteiger partial charge in [-0.05, 0) is 26.7 Å². The molecule has 8 atom stereocenters. The molecule has 5 nitrogen and oxygen atoms in total. The molecular formula is C16H28O5. The highest BCUT2D eigenvalue weighted by Gasteiger charge is 2.48. The predicted molar refractivity (Wildman–Crippen MR) is 78.8 cm³/mol. The molecule has 2 aliphatic heterocycles. The van der Waals surface area contributed by atoms with Crippen LogP contribution in [-0.2, 0) is 9.47 Å². The summed E-state index contributed by atoms with van der Waals surface area (Å²) in [5.74, 6) is -0.0460. The van der Waals surface area contributed by atoms with Crippen LogP contribution in [0.4, 0.5) is 0 Å². The van der Waals surface area contributed by atoms with E-state index in [2.05, 4.69) is 6.58 Å². The third kappa shape index (κ3) is 4.05. The third-order valence-electron chi connectivity index (χ3n) is 4.72. The Labute approximate surface area is 126 Å². The highest BCUT2D eigenvalue weighted by Crippen LogP contribution is 2.38. The van der Waals surface area contributed by atoms with Crippen LogP contribution in [0.1, 0.15) is 33.6 Å². The van der Waals surface area contributed by atoms with Gasteiger partial charge in [-0.1, -0.05) is 12.5 Å². The molecule has 2 saturated heterocycles. The summed E-state index contributed by atoms with van der Waals surface area (Å²) in [7, 11) is 0. The maximum absolute atomic E-state index is 10.3. The number of hydrogen-bond acceptors (Lipinski definition) is 5. The standard InChI is InChI=1S/C16H28O5/c1-8(2)5-12-15(19)14(18)11(7-20-12)6-13-16(21-13)9(3)10(4)17/h9-19H,1,5-7H2,2-4H3. The smallest absolute Gasteiger partial charge is 0.107 e. The molecule has 122 valence electrons. The summed E-state index contributed by atoms with van der Waals surface area (Å²) in [6.45, 7) is 9.84. The number of rotatable bonds is 6. The largest absolute Gasteiger partial charge is 0.393 e. The van der Waals surface area contributed by atoms with Gasteiger partial charge in [-0.2, -0.15) is 0 Å². The molecule has 5 heteroatoms. The van der Waals surface area contributed by atoms with Crippen molar-refractivity contribution in [2.24, 2.45) is 11.8 Å². The predicted octanol–water partition coefficient (Wildman–Crippen LogP) is 0.864. The first-order chi connectivity index (χ1) is 9.81. The van der Waals surface area contributed by atoms with Crippen molar-refractivity contribution < 1.29 is 24.8 Å². The summed E-state index contributed by atoms with van der Waals surface area (Å²) < 4.78 is 11.3. The summed E-state index contributed by atoms with van der Waals surface area (Å²) in [4.78, 5) is 0. The molecule has 0 aromatic rings. The van der Waals surface area contributed by atoms with E-state index in [9.17, 15) is 15.3 Å². The van der Waals surface area contributed by atoms with Crippen LogP contribution in [0.5, 0.6) is 0 Å². The van der Waals surface area contributed by atoms with E-state index in [1.165, 1.54) is 0 Å². The third-order valence-corrected chi connectivity index (χ3v) is 4.72. The summed E-state index contributed by atoms with van der Waals surface area (Å²) in [6.07, 6.45) is -1.15. The van der Waals surface area contributed by atoms with Crippen LogP contribution >= 0.6 is 0 Å². The second-order valence-electron chi connectivity index (χ2n) is 6.75. The van der Waals surface area contributed by atoms with Crippen LogP contribution in [0.3, 0.4) is 0 Å². The van der Waals surface area contributed by atoms with Gasteiger partial charge < -0.3 is 24.8 Å². The zero-order chi connectivity index (χ0) is 15.7. The Morgan fingerprint density at radius 3 is 2.48 bits per heavy atom. The Morgan fingerprint density at radius 1 is 1.24 bits per heavy atom. The molecule has 21 heavy (non-hydrogen) atoms. The number of aliphatic hydroxyl groups excluding tert-OH is 3. The van der Waals surface area contributed by atoms with Crippen LogP contribution in [0.2, 0.25) is 0 Å². The van der Waals surface area contributed by atoms with Crippen molar-refractivity contribution in [2.45, 2.75) is 70.2 Å². The maximum Gasteiger partial charge on any atom is 0.107 e. The highest BCUT2D eigenvalue weighted by atomic mass is 16.6. The Hall–Kier alpha value is -0.460. The fraction of sp³-hybridized carbons (Fsp3) is 0.875. The van der Waals surface area contributed by atoms with Crippen molar-refractivity contribution in [3.05, 3.63) is 12.2 Å². The lowest BCUT2D eigenvalue weighted by Crippen LogP contribution is -2.50. The zero-order valence-electron chi connectivity index (χ0n) is 13.1. The van der Waals surface area contributed by atoms with Gasteiger partial charge in [0.25, 0.3) is 0 Å². The van der Waals surface area contributed by atoms with Gasteiger partial charge in [-0.15, -0.1) is 6.58 Å². The average molecular weight is 300 g/mol. The molecule has 0 bridgehead atoms. The first kappa shape index (κ1) is 16.9. The van der Waals surface area contributed by atoms with Crippen molar-refractivity contribution >= 4 is 0 Å². The Bertz CT molecular complexity index is 370. The lowest BCUT2D eigenvalue weighted by atomic mass is 9.85. The molecule has 0 spiro atoms. The molecule has 2 fully saturated rings. The molecule has 0 radical (unpaired) electrons. The molecule has 0 aromatic heterocycles. The van der Waals surface area contributed by atoms with E-state index >= 15 is 0 Å². The van der Waals surface area contributed by atoms with Crippen molar-refractivity contribution in [1.82, 2.24) is 0 Å². The summed E-state index contributed by atoms with van der Waals surface area (Å²) in [5.41, 5.74) is 0.932. The van der Waals surface area contributed by atoms with E-state index in [1.54, 1.807) is 6.92 Å². The molecule has 3 N–H and O–H groups in total. The van der Waals surface area contributed by atoms with Gasteiger partial charge in [0.1, 0.15) is 6.10 Å². The van der Waals surface area contributed by atoms with Gasteiger partial charge in [-0.25, -0.2) is 0 Å². The molecule has 0 aliphatic carbocycles. The molecule has 2 aliphatic rings. The maximum atomic E-state index is 10.3. The van der Waals surface area contributed by atoms with E-state index < -0.39 is 18.3 Å². The fourth-order valence-electron chi connectivity index (χ4n) is 3.06. The van der Waals surface area contributed by atoms with Crippen molar-refractivity contribution in [1.29, 1.82) is 0 Å². The summed E-state index contributed by atoms with van der Waals surface area (Å²) in [5, 5.41) is 30.0. The van der Waals surface area contributed by atoms with Gasteiger partial charge >= 0.3 is 0 Å². The summed E-state index contributed by atoms with van der Waals surface area (Å²) in [6, 6.07) is 0. The van der Waals surface area contributed by atoms with E-state index in [-0.39, 0.29) is 30.1 Å². The first-order valence-corrected chi connectivity index (χ1v) is 7.77. The van der Waals surface area contributed by atoms with E-state index in [0.717, 1.165) is 5.57 Å². The SMILES string of the molecule is C=C(C)CC1OCC(CC2OC2C(C)C(C)O)C(O)C1O. The Kier molecular flexibility index (Phi) is 5.43. The van der Waals surface area contributed by atoms with Gasteiger partial charge in [0.05, 0.1) is 37.1 Å². The van der Waals surface area contributed by atoms with Gasteiger partial charge in [-0.3, -0.25) is 0 Å². The first-order valence-electron chi connectivity index (χ1n) is 7.77. The fourth-order valence-corrected chi connectivity index (χ4v) is 3.06. The summed E-state index contributed by atoms with van der Waals surface area (Å²) >= 11 is 0. The lowest BCUT2D eigenvalue weighted by molar-refractivity contribution is -0.165. The molecule has 2 heterocycles. The minimum Gasteiger partial charge on any atom is -0.393 e. The second-order valence-corrected chi connectivity index (χ2v) is 6.75.